The van der Waals surface area contributed by atoms with Crippen LogP contribution in [-0.4, -0.2) is 34.3 Å². The molecule has 1 saturated heterocycles. The van der Waals surface area contributed by atoms with Gasteiger partial charge < -0.3 is 0 Å². The van der Waals surface area contributed by atoms with Crippen LogP contribution in [-0.2, 0) is 11.2 Å². The Kier molecular flexibility index (Phi) is 4.74. The second-order valence-corrected chi connectivity index (χ2v) is 6.63. The van der Waals surface area contributed by atoms with Gasteiger partial charge in [-0.3, -0.25) is 14.7 Å². The molecule has 1 aromatic heterocycles. The summed E-state index contributed by atoms with van der Waals surface area (Å²) in [5, 5.41) is 0. The number of nitrogens with zero attached hydrogens (tertiary/aromatic N) is 2. The highest BCUT2D eigenvalue weighted by Gasteiger charge is 2.34. The van der Waals surface area contributed by atoms with Gasteiger partial charge in [-0.25, -0.2) is 0 Å². The largest absolute Gasteiger partial charge is 0.297 e. The Labute approximate surface area is 123 Å². The number of hydrogen-bond donors (Lipinski definition) is 0. The van der Waals surface area contributed by atoms with Crippen LogP contribution in [0.15, 0.2) is 22.9 Å². The smallest absolute Gasteiger partial charge is 0.156 e. The molecule has 4 heteroatoms. The van der Waals surface area contributed by atoms with Crippen molar-refractivity contribution in [2.24, 2.45) is 0 Å². The maximum atomic E-state index is 12.6. The molecule has 1 aliphatic rings. The predicted octanol–water partition coefficient (Wildman–Crippen LogP) is 3.22. The summed E-state index contributed by atoms with van der Waals surface area (Å²) in [6, 6.07) is 1.97. The summed E-state index contributed by atoms with van der Waals surface area (Å²) < 4.78 is 0.925. The standard InChI is InChI=1S/C15H21BrN2O/c1-15(2,18-6-4-3-5-7-18)14(19)9-12-8-13(16)11-17-10-12/h8,10-11H,3-7,9H2,1-2H3. The highest BCUT2D eigenvalue weighted by atomic mass is 79.9. The van der Waals surface area contributed by atoms with E-state index >= 15 is 0 Å². The van der Waals surface area contributed by atoms with Crippen molar-refractivity contribution < 1.29 is 4.79 Å². The van der Waals surface area contributed by atoms with E-state index in [2.05, 4.69) is 25.8 Å². The minimum atomic E-state index is -0.372. The van der Waals surface area contributed by atoms with Crippen LogP contribution >= 0.6 is 15.9 Å². The molecule has 0 radical (unpaired) electrons. The lowest BCUT2D eigenvalue weighted by Gasteiger charge is -2.39. The second kappa shape index (κ2) is 6.14. The zero-order chi connectivity index (χ0) is 13.9. The third-order valence-electron chi connectivity index (χ3n) is 3.96. The highest BCUT2D eigenvalue weighted by molar-refractivity contribution is 9.10. The minimum absolute atomic E-state index is 0.273. The second-order valence-electron chi connectivity index (χ2n) is 5.72. The fraction of sp³-hybridized carbons (Fsp3) is 0.600. The number of hydrogen-bond acceptors (Lipinski definition) is 3. The van der Waals surface area contributed by atoms with Gasteiger partial charge in [0.05, 0.1) is 5.54 Å². The lowest BCUT2D eigenvalue weighted by molar-refractivity contribution is -0.129. The first kappa shape index (κ1) is 14.7. The number of piperidine rings is 1. The first-order chi connectivity index (χ1) is 9.00. The highest BCUT2D eigenvalue weighted by Crippen LogP contribution is 2.23. The molecule has 104 valence electrons. The molecule has 0 saturated carbocycles. The van der Waals surface area contributed by atoms with E-state index in [4.69, 9.17) is 0 Å². The van der Waals surface area contributed by atoms with Crippen LogP contribution < -0.4 is 0 Å². The zero-order valence-electron chi connectivity index (χ0n) is 11.7. The molecule has 19 heavy (non-hydrogen) atoms. The van der Waals surface area contributed by atoms with Gasteiger partial charge in [-0.15, -0.1) is 0 Å². The van der Waals surface area contributed by atoms with Crippen LogP contribution in [0.25, 0.3) is 0 Å². The average Bonchev–Trinajstić information content (AvgIpc) is 2.39. The number of carbonyl (C=O) groups excluding carboxylic acids is 1. The third kappa shape index (κ3) is 3.63. The van der Waals surface area contributed by atoms with Gasteiger partial charge in [0.15, 0.2) is 5.78 Å². The van der Waals surface area contributed by atoms with E-state index in [-0.39, 0.29) is 11.3 Å². The molecule has 2 heterocycles. The lowest BCUT2D eigenvalue weighted by Crippen LogP contribution is -2.52. The summed E-state index contributed by atoms with van der Waals surface area (Å²) in [6.07, 6.45) is 7.66. The van der Waals surface area contributed by atoms with Gasteiger partial charge in [0, 0.05) is 23.3 Å². The van der Waals surface area contributed by atoms with Crippen LogP contribution in [0.5, 0.6) is 0 Å². The fourth-order valence-electron chi connectivity index (χ4n) is 2.58. The summed E-state index contributed by atoms with van der Waals surface area (Å²) in [7, 11) is 0. The molecule has 0 atom stereocenters. The molecule has 0 amide bonds. The van der Waals surface area contributed by atoms with Gasteiger partial charge in [-0.2, -0.15) is 0 Å². The molecule has 3 nitrogen and oxygen atoms in total. The molecular formula is C15H21BrN2O. The lowest BCUT2D eigenvalue weighted by atomic mass is 9.90. The van der Waals surface area contributed by atoms with Gasteiger partial charge in [-0.05, 0) is 67.3 Å². The Hall–Kier alpha value is -0.740. The third-order valence-corrected chi connectivity index (χ3v) is 4.39. The number of Topliss-reactive ketones (excluding diaryl/α,β-unsaturated/α-hetero) is 1. The molecule has 1 aromatic rings. The number of pyridine rings is 1. The number of carbonyl (C=O) groups is 1. The predicted molar refractivity (Wildman–Crippen MR) is 80.2 cm³/mol. The molecule has 2 rings (SSSR count). The maximum Gasteiger partial charge on any atom is 0.156 e. The van der Waals surface area contributed by atoms with E-state index in [1.165, 1.54) is 19.3 Å². The summed E-state index contributed by atoms with van der Waals surface area (Å²) in [4.78, 5) is 19.0. The quantitative estimate of drug-likeness (QED) is 0.852. The molecule has 1 fully saturated rings. The van der Waals surface area contributed by atoms with Crippen molar-refractivity contribution in [1.29, 1.82) is 0 Å². The first-order valence-corrected chi connectivity index (χ1v) is 7.67. The summed E-state index contributed by atoms with van der Waals surface area (Å²) in [6.45, 7) is 6.17. The molecule has 1 aliphatic heterocycles. The Bertz CT molecular complexity index is 453. The van der Waals surface area contributed by atoms with Crippen molar-refractivity contribution in [3.8, 4) is 0 Å². The number of likely N-dealkylation sites (tertiary alicyclic amines) is 1. The molecule has 0 N–H and O–H groups in total. The molecule has 0 spiro atoms. The van der Waals surface area contributed by atoms with Gasteiger partial charge in [0.1, 0.15) is 0 Å². The number of aromatic nitrogens is 1. The van der Waals surface area contributed by atoms with E-state index in [9.17, 15) is 4.79 Å². The van der Waals surface area contributed by atoms with Crippen LogP contribution in [0.4, 0.5) is 0 Å². The number of rotatable bonds is 4. The topological polar surface area (TPSA) is 33.2 Å². The Morgan fingerprint density at radius 2 is 2.00 bits per heavy atom. The first-order valence-electron chi connectivity index (χ1n) is 6.88. The van der Waals surface area contributed by atoms with Crippen LogP contribution in [0.2, 0.25) is 0 Å². The minimum Gasteiger partial charge on any atom is -0.297 e. The molecule has 0 bridgehead atoms. The van der Waals surface area contributed by atoms with Gasteiger partial charge >= 0.3 is 0 Å². The average molecular weight is 325 g/mol. The van der Waals surface area contributed by atoms with E-state index in [0.29, 0.717) is 6.42 Å². The van der Waals surface area contributed by atoms with Crippen molar-refractivity contribution in [2.75, 3.05) is 13.1 Å². The van der Waals surface area contributed by atoms with E-state index in [0.717, 1.165) is 23.1 Å². The van der Waals surface area contributed by atoms with Crippen molar-refractivity contribution >= 4 is 21.7 Å². The van der Waals surface area contributed by atoms with Crippen molar-refractivity contribution in [3.63, 3.8) is 0 Å². The van der Waals surface area contributed by atoms with E-state index < -0.39 is 0 Å². The van der Waals surface area contributed by atoms with Gasteiger partial charge in [-0.1, -0.05) is 6.42 Å². The molecule has 0 unspecified atom stereocenters. The Morgan fingerprint density at radius 3 is 2.63 bits per heavy atom. The maximum absolute atomic E-state index is 12.6. The summed E-state index contributed by atoms with van der Waals surface area (Å²) in [5.41, 5.74) is 0.604. The Balaban J connectivity index is 2.05. The normalized spacial score (nSPS) is 17.4. The molecule has 0 aliphatic carbocycles. The summed E-state index contributed by atoms with van der Waals surface area (Å²) >= 11 is 3.39. The fourth-order valence-corrected chi connectivity index (χ4v) is 3.00. The zero-order valence-corrected chi connectivity index (χ0v) is 13.2. The van der Waals surface area contributed by atoms with Gasteiger partial charge in [0.2, 0.25) is 0 Å². The van der Waals surface area contributed by atoms with Crippen LogP contribution in [0.3, 0.4) is 0 Å². The molecule has 0 aromatic carbocycles. The van der Waals surface area contributed by atoms with Crippen LogP contribution in [0.1, 0.15) is 38.7 Å². The van der Waals surface area contributed by atoms with Crippen molar-refractivity contribution in [3.05, 3.63) is 28.5 Å². The number of ketones is 1. The molecular weight excluding hydrogens is 304 g/mol. The van der Waals surface area contributed by atoms with Crippen molar-refractivity contribution in [2.45, 2.75) is 45.1 Å². The van der Waals surface area contributed by atoms with E-state index in [1.54, 1.807) is 12.4 Å². The summed E-state index contributed by atoms with van der Waals surface area (Å²) in [5.74, 6) is 0.273. The SMILES string of the molecule is CC(C)(C(=O)Cc1cncc(Br)c1)N1CCCCC1. The Morgan fingerprint density at radius 1 is 1.32 bits per heavy atom. The van der Waals surface area contributed by atoms with Crippen molar-refractivity contribution in [1.82, 2.24) is 9.88 Å². The van der Waals surface area contributed by atoms with E-state index in [1.807, 2.05) is 19.9 Å². The van der Waals surface area contributed by atoms with Crippen LogP contribution in [0, 0.1) is 0 Å². The monoisotopic (exact) mass is 324 g/mol. The van der Waals surface area contributed by atoms with Gasteiger partial charge in [0.25, 0.3) is 0 Å². The number of halogens is 1.